The number of carbonyl (C=O) groups is 1. The van der Waals surface area contributed by atoms with Gasteiger partial charge in [-0.25, -0.2) is 14.4 Å². The fourth-order valence-corrected chi connectivity index (χ4v) is 4.73. The van der Waals surface area contributed by atoms with E-state index in [1.165, 1.54) is 18.5 Å². The van der Waals surface area contributed by atoms with Gasteiger partial charge in [0, 0.05) is 48.8 Å². The Morgan fingerprint density at radius 3 is 2.66 bits per heavy atom. The number of halogens is 2. The van der Waals surface area contributed by atoms with E-state index in [0.717, 1.165) is 26.2 Å². The number of benzene rings is 2. The van der Waals surface area contributed by atoms with Gasteiger partial charge in [0.1, 0.15) is 30.3 Å². The monoisotopic (exact) mass is 588 g/mol. The van der Waals surface area contributed by atoms with Crippen LogP contribution in [0.4, 0.5) is 21.6 Å². The molecule has 0 bridgehead atoms. The summed E-state index contributed by atoms with van der Waals surface area (Å²) in [6, 6.07) is 6.15. The molecule has 0 aliphatic carbocycles. The zero-order valence-corrected chi connectivity index (χ0v) is 24.7. The molecule has 2 heterocycles. The zero-order chi connectivity index (χ0) is 29.6. The van der Waals surface area contributed by atoms with Gasteiger partial charge in [0.2, 0.25) is 5.91 Å². The lowest BCUT2D eigenvalue weighted by molar-refractivity contribution is -0.116. The Kier molecular flexibility index (Phi) is 10.3. The Hall–Kier alpha value is -3.09. The van der Waals surface area contributed by atoms with E-state index in [1.807, 2.05) is 19.0 Å². The van der Waals surface area contributed by atoms with Gasteiger partial charge in [-0.2, -0.15) is 0 Å². The van der Waals surface area contributed by atoms with E-state index >= 15 is 0 Å². The number of ether oxygens (including phenoxy) is 2. The standard InChI is InChI=1S/C29H38ClFN6O4/c1-29(2,39)20-15-22(31)21(30)16-24(20)35-28-19-14-25(34-27(38)6-5-7-36(3)4)26(17-23(19)32-18-33-28)41-13-10-37-8-11-40-12-9-37/h14-18,39H,5-13H2,1-4H3,(H,34,38)(H,32,33,35). The van der Waals surface area contributed by atoms with Gasteiger partial charge in [-0.3, -0.25) is 9.69 Å². The molecule has 3 N–H and O–H groups in total. The second-order valence-corrected chi connectivity index (χ2v) is 11.2. The largest absolute Gasteiger partial charge is 0.490 e. The quantitative estimate of drug-likeness (QED) is 0.284. The minimum atomic E-state index is -1.36. The van der Waals surface area contributed by atoms with Crippen molar-refractivity contribution in [2.24, 2.45) is 0 Å². The highest BCUT2D eigenvalue weighted by molar-refractivity contribution is 6.31. The summed E-state index contributed by atoms with van der Waals surface area (Å²) in [4.78, 5) is 26.0. The minimum Gasteiger partial charge on any atom is -0.490 e. The van der Waals surface area contributed by atoms with Crippen molar-refractivity contribution < 1.29 is 23.8 Å². The zero-order valence-electron chi connectivity index (χ0n) is 24.0. The summed E-state index contributed by atoms with van der Waals surface area (Å²) in [7, 11) is 3.93. The Morgan fingerprint density at radius 1 is 1.20 bits per heavy atom. The molecule has 1 aliphatic rings. The second kappa shape index (κ2) is 13.7. The highest BCUT2D eigenvalue weighted by Gasteiger charge is 2.24. The fraction of sp³-hybridized carbons (Fsp3) is 0.483. The highest BCUT2D eigenvalue weighted by atomic mass is 35.5. The van der Waals surface area contributed by atoms with E-state index in [2.05, 4.69) is 25.5 Å². The smallest absolute Gasteiger partial charge is 0.224 e. The third-order valence-corrected chi connectivity index (χ3v) is 7.05. The normalized spacial score (nSPS) is 14.4. The van der Waals surface area contributed by atoms with E-state index in [1.54, 1.807) is 26.0 Å². The summed E-state index contributed by atoms with van der Waals surface area (Å²) in [5.74, 6) is 0.120. The van der Waals surface area contributed by atoms with Crippen LogP contribution in [-0.2, 0) is 15.1 Å². The molecule has 1 aromatic heterocycles. The van der Waals surface area contributed by atoms with Gasteiger partial charge < -0.3 is 30.1 Å². The van der Waals surface area contributed by atoms with Crippen molar-refractivity contribution in [2.45, 2.75) is 32.3 Å². The van der Waals surface area contributed by atoms with E-state index < -0.39 is 11.4 Å². The number of aromatic nitrogens is 2. The van der Waals surface area contributed by atoms with Gasteiger partial charge in [0.25, 0.3) is 0 Å². The van der Waals surface area contributed by atoms with Crippen LogP contribution in [0.2, 0.25) is 5.02 Å². The predicted molar refractivity (Wildman–Crippen MR) is 159 cm³/mol. The molecule has 1 amide bonds. The second-order valence-electron chi connectivity index (χ2n) is 10.8. The first-order chi connectivity index (χ1) is 19.5. The minimum absolute atomic E-state index is 0.0968. The van der Waals surface area contributed by atoms with Gasteiger partial charge in [0.15, 0.2) is 0 Å². The van der Waals surface area contributed by atoms with Crippen molar-refractivity contribution in [1.82, 2.24) is 19.8 Å². The first-order valence-electron chi connectivity index (χ1n) is 13.7. The number of fused-ring (bicyclic) bond motifs is 1. The SMILES string of the molecule is CN(C)CCCC(=O)Nc1cc2c(Nc3cc(Cl)c(F)cc3C(C)(C)O)ncnc2cc1OCCN1CCOCC1. The molecule has 1 fully saturated rings. The molecule has 0 saturated carbocycles. The highest BCUT2D eigenvalue weighted by Crippen LogP contribution is 2.37. The van der Waals surface area contributed by atoms with Gasteiger partial charge in [-0.1, -0.05) is 11.6 Å². The molecule has 1 aliphatic heterocycles. The Labute approximate surface area is 244 Å². The van der Waals surface area contributed by atoms with E-state index in [9.17, 15) is 14.3 Å². The molecular formula is C29H38ClFN6O4. The molecule has 0 unspecified atom stereocenters. The topological polar surface area (TPSA) is 112 Å². The molecule has 10 nitrogen and oxygen atoms in total. The van der Waals surface area contributed by atoms with Gasteiger partial charge in [-0.15, -0.1) is 0 Å². The average Bonchev–Trinajstić information content (AvgIpc) is 2.91. The van der Waals surface area contributed by atoms with Crippen molar-refractivity contribution >= 4 is 45.6 Å². The Balaban J connectivity index is 1.65. The van der Waals surface area contributed by atoms with Crippen LogP contribution < -0.4 is 15.4 Å². The van der Waals surface area contributed by atoms with Crippen molar-refractivity contribution in [1.29, 1.82) is 0 Å². The molecule has 4 rings (SSSR count). The number of nitrogens with one attached hydrogen (secondary N) is 2. The van der Waals surface area contributed by atoms with E-state index in [-0.39, 0.29) is 10.9 Å². The van der Waals surface area contributed by atoms with Crippen LogP contribution in [0.15, 0.2) is 30.6 Å². The average molecular weight is 589 g/mol. The molecule has 2 aromatic carbocycles. The van der Waals surface area contributed by atoms with Crippen LogP contribution >= 0.6 is 11.6 Å². The lowest BCUT2D eigenvalue weighted by Crippen LogP contribution is -2.38. The Bertz CT molecular complexity index is 1360. The maximum Gasteiger partial charge on any atom is 0.224 e. The number of anilines is 3. The molecule has 12 heteroatoms. The summed E-state index contributed by atoms with van der Waals surface area (Å²) in [5.41, 5.74) is 0.413. The van der Waals surface area contributed by atoms with Crippen LogP contribution in [0.1, 0.15) is 32.3 Å². The number of amides is 1. The van der Waals surface area contributed by atoms with Crippen LogP contribution in [0.3, 0.4) is 0 Å². The molecule has 3 aromatic rings. The van der Waals surface area contributed by atoms with E-state index in [4.69, 9.17) is 21.1 Å². The van der Waals surface area contributed by atoms with Gasteiger partial charge >= 0.3 is 0 Å². The third-order valence-electron chi connectivity index (χ3n) is 6.76. The first-order valence-corrected chi connectivity index (χ1v) is 14.0. The van der Waals surface area contributed by atoms with Crippen molar-refractivity contribution in [3.05, 3.63) is 47.0 Å². The third kappa shape index (κ3) is 8.46. The first kappa shape index (κ1) is 30.9. The van der Waals surface area contributed by atoms with Crippen molar-refractivity contribution in [2.75, 3.05) is 70.7 Å². The maximum atomic E-state index is 14.3. The molecule has 0 spiro atoms. The van der Waals surface area contributed by atoms with Crippen LogP contribution in [0, 0.1) is 5.82 Å². The summed E-state index contributed by atoms with van der Waals surface area (Å²) < 4.78 is 25.9. The predicted octanol–water partition coefficient (Wildman–Crippen LogP) is 4.38. The van der Waals surface area contributed by atoms with Gasteiger partial charge in [-0.05, 0) is 59.1 Å². The van der Waals surface area contributed by atoms with Crippen molar-refractivity contribution in [3.8, 4) is 5.75 Å². The number of rotatable bonds is 12. The van der Waals surface area contributed by atoms with Gasteiger partial charge in [0.05, 0.1) is 35.0 Å². The fourth-order valence-electron chi connectivity index (χ4n) is 4.56. The summed E-state index contributed by atoms with van der Waals surface area (Å²) in [6.07, 6.45) is 2.46. The lowest BCUT2D eigenvalue weighted by atomic mass is 9.96. The lowest BCUT2D eigenvalue weighted by Gasteiger charge is -2.26. The summed E-state index contributed by atoms with van der Waals surface area (Å²) in [6.45, 7) is 8.15. The number of morpholine rings is 1. The summed E-state index contributed by atoms with van der Waals surface area (Å²) in [5, 5.41) is 17.4. The van der Waals surface area contributed by atoms with Crippen LogP contribution in [0.5, 0.6) is 5.75 Å². The number of carbonyl (C=O) groups excluding carboxylic acids is 1. The number of hydrogen-bond donors (Lipinski definition) is 3. The molecule has 1 saturated heterocycles. The number of nitrogens with zero attached hydrogens (tertiary/aromatic N) is 4. The van der Waals surface area contributed by atoms with E-state index in [0.29, 0.717) is 72.1 Å². The maximum absolute atomic E-state index is 14.3. The summed E-state index contributed by atoms with van der Waals surface area (Å²) >= 11 is 6.08. The number of aliphatic hydroxyl groups is 1. The molecule has 41 heavy (non-hydrogen) atoms. The Morgan fingerprint density at radius 2 is 1.95 bits per heavy atom. The molecule has 0 radical (unpaired) electrons. The van der Waals surface area contributed by atoms with Crippen LogP contribution in [-0.4, -0.2) is 90.9 Å². The molecule has 222 valence electrons. The number of hydrogen-bond acceptors (Lipinski definition) is 9. The molecular weight excluding hydrogens is 551 g/mol. The molecule has 0 atom stereocenters. The van der Waals surface area contributed by atoms with Crippen LogP contribution in [0.25, 0.3) is 10.9 Å². The van der Waals surface area contributed by atoms with Crippen molar-refractivity contribution in [3.63, 3.8) is 0 Å².